The average molecular weight is 225 g/mol. The van der Waals surface area contributed by atoms with E-state index in [2.05, 4.69) is 73.9 Å². The lowest BCUT2D eigenvalue weighted by atomic mass is 9.69. The third-order valence-corrected chi connectivity index (χ3v) is 3.99. The molecule has 0 atom stereocenters. The highest BCUT2D eigenvalue weighted by molar-refractivity contribution is 5.04. The number of allylic oxidation sites excluding steroid dienone is 1. The first-order valence-electron chi connectivity index (χ1n) is 6.19. The van der Waals surface area contributed by atoms with Gasteiger partial charge in [-0.15, -0.1) is 0 Å². The van der Waals surface area contributed by atoms with Crippen LogP contribution in [0, 0.1) is 16.2 Å². The Morgan fingerprint density at radius 2 is 1.31 bits per heavy atom. The van der Waals surface area contributed by atoms with E-state index >= 15 is 0 Å². The van der Waals surface area contributed by atoms with Crippen molar-refractivity contribution in [1.82, 2.24) is 4.90 Å². The molecular formula is C15H31N. The molecule has 96 valence electrons. The normalized spacial score (nSPS) is 13.8. The van der Waals surface area contributed by atoms with Crippen LogP contribution in [0.1, 0.15) is 55.4 Å². The average Bonchev–Trinajstić information content (AvgIpc) is 1.97. The number of rotatable bonds is 3. The van der Waals surface area contributed by atoms with Gasteiger partial charge in [-0.3, -0.25) is 0 Å². The summed E-state index contributed by atoms with van der Waals surface area (Å²) in [4.78, 5) is 2.31. The van der Waals surface area contributed by atoms with Crippen molar-refractivity contribution < 1.29 is 0 Å². The van der Waals surface area contributed by atoms with Crippen LogP contribution < -0.4 is 0 Å². The van der Waals surface area contributed by atoms with Crippen molar-refractivity contribution in [1.29, 1.82) is 0 Å². The molecule has 0 aliphatic carbocycles. The standard InChI is InChI=1S/C15H31N/c1-12(13(2,3)4)16(10)11-15(8,9)14(5,6)7/h1,11H2,2-10H3. The summed E-state index contributed by atoms with van der Waals surface area (Å²) in [5, 5.41) is 0. The molecule has 0 aromatic carbocycles. The molecule has 0 N–H and O–H groups in total. The van der Waals surface area contributed by atoms with E-state index in [1.807, 2.05) is 0 Å². The Kier molecular flexibility index (Phi) is 4.30. The van der Waals surface area contributed by atoms with Crippen LogP contribution in [0.3, 0.4) is 0 Å². The monoisotopic (exact) mass is 225 g/mol. The molecule has 0 aliphatic rings. The van der Waals surface area contributed by atoms with Gasteiger partial charge in [0, 0.05) is 24.7 Å². The second-order valence-electron chi connectivity index (χ2n) is 7.69. The van der Waals surface area contributed by atoms with Crippen molar-refractivity contribution in [2.75, 3.05) is 13.6 Å². The van der Waals surface area contributed by atoms with Crippen LogP contribution >= 0.6 is 0 Å². The zero-order chi connectivity index (χ0) is 13.4. The predicted octanol–water partition coefficient (Wildman–Crippen LogP) is 4.55. The summed E-state index contributed by atoms with van der Waals surface area (Å²) in [6, 6.07) is 0. The summed E-state index contributed by atoms with van der Waals surface area (Å²) in [5.74, 6) is 0. The summed E-state index contributed by atoms with van der Waals surface area (Å²) in [6.07, 6.45) is 0. The molecule has 0 aliphatic heterocycles. The highest BCUT2D eigenvalue weighted by Gasteiger charge is 2.34. The van der Waals surface area contributed by atoms with Gasteiger partial charge in [0.1, 0.15) is 0 Å². The van der Waals surface area contributed by atoms with Gasteiger partial charge in [0.2, 0.25) is 0 Å². The molecule has 0 rings (SSSR count). The first-order valence-corrected chi connectivity index (χ1v) is 6.19. The Morgan fingerprint density at radius 1 is 0.938 bits per heavy atom. The molecule has 0 aromatic heterocycles. The fourth-order valence-electron chi connectivity index (χ4n) is 1.50. The molecule has 0 amide bonds. The summed E-state index contributed by atoms with van der Waals surface area (Å²) in [5.41, 5.74) is 1.95. The molecule has 0 unspecified atom stereocenters. The zero-order valence-corrected chi connectivity index (χ0v) is 12.9. The fraction of sp³-hybridized carbons (Fsp3) is 0.867. The minimum atomic E-state index is 0.155. The fourth-order valence-corrected chi connectivity index (χ4v) is 1.50. The molecule has 0 spiro atoms. The first-order chi connectivity index (χ1) is 6.79. The van der Waals surface area contributed by atoms with Crippen LogP contribution in [0.5, 0.6) is 0 Å². The largest absolute Gasteiger partial charge is 0.377 e. The van der Waals surface area contributed by atoms with Crippen molar-refractivity contribution in [3.63, 3.8) is 0 Å². The van der Waals surface area contributed by atoms with E-state index in [0.717, 1.165) is 6.54 Å². The number of hydrogen-bond donors (Lipinski definition) is 0. The van der Waals surface area contributed by atoms with Gasteiger partial charge in [0.15, 0.2) is 0 Å². The van der Waals surface area contributed by atoms with Crippen molar-refractivity contribution in [2.45, 2.75) is 55.4 Å². The van der Waals surface area contributed by atoms with Crippen molar-refractivity contribution in [3.8, 4) is 0 Å². The van der Waals surface area contributed by atoms with Crippen LogP contribution in [0.2, 0.25) is 0 Å². The molecule has 0 fully saturated rings. The summed E-state index contributed by atoms with van der Waals surface area (Å²) in [6.45, 7) is 23.5. The van der Waals surface area contributed by atoms with Crippen molar-refractivity contribution in [3.05, 3.63) is 12.3 Å². The summed E-state index contributed by atoms with van der Waals surface area (Å²) >= 11 is 0. The molecule has 1 heteroatoms. The van der Waals surface area contributed by atoms with E-state index in [9.17, 15) is 0 Å². The van der Waals surface area contributed by atoms with E-state index in [1.54, 1.807) is 0 Å². The second-order valence-corrected chi connectivity index (χ2v) is 7.69. The van der Waals surface area contributed by atoms with E-state index in [0.29, 0.717) is 5.41 Å². The van der Waals surface area contributed by atoms with E-state index in [1.165, 1.54) is 5.70 Å². The van der Waals surface area contributed by atoms with Gasteiger partial charge in [-0.05, 0) is 10.8 Å². The number of hydrogen-bond acceptors (Lipinski definition) is 1. The van der Waals surface area contributed by atoms with Gasteiger partial charge in [-0.25, -0.2) is 0 Å². The molecular weight excluding hydrogens is 194 g/mol. The zero-order valence-electron chi connectivity index (χ0n) is 12.9. The van der Waals surface area contributed by atoms with Crippen molar-refractivity contribution >= 4 is 0 Å². The summed E-state index contributed by atoms with van der Waals surface area (Å²) < 4.78 is 0. The molecule has 0 bridgehead atoms. The highest BCUT2D eigenvalue weighted by atomic mass is 15.1. The SMILES string of the molecule is C=C(N(C)CC(C)(C)C(C)(C)C)C(C)(C)C. The van der Waals surface area contributed by atoms with Gasteiger partial charge >= 0.3 is 0 Å². The van der Waals surface area contributed by atoms with Gasteiger partial charge in [0.05, 0.1) is 0 Å². The lowest BCUT2D eigenvalue weighted by Gasteiger charge is -2.44. The lowest BCUT2D eigenvalue weighted by molar-refractivity contribution is 0.0870. The summed E-state index contributed by atoms with van der Waals surface area (Å²) in [7, 11) is 2.15. The van der Waals surface area contributed by atoms with Crippen molar-refractivity contribution in [2.24, 2.45) is 16.2 Å². The Bertz CT molecular complexity index is 248. The van der Waals surface area contributed by atoms with Gasteiger partial charge in [0.25, 0.3) is 0 Å². The molecule has 0 saturated heterocycles. The first kappa shape index (κ1) is 15.5. The van der Waals surface area contributed by atoms with Crippen LogP contribution in [0.25, 0.3) is 0 Å². The smallest absolute Gasteiger partial charge is 0.0228 e. The third kappa shape index (κ3) is 3.84. The number of nitrogens with zero attached hydrogens (tertiary/aromatic N) is 1. The van der Waals surface area contributed by atoms with Crippen LogP contribution in [0.4, 0.5) is 0 Å². The maximum absolute atomic E-state index is 4.22. The van der Waals surface area contributed by atoms with E-state index in [-0.39, 0.29) is 10.8 Å². The van der Waals surface area contributed by atoms with Gasteiger partial charge in [-0.2, -0.15) is 0 Å². The Morgan fingerprint density at radius 3 is 1.56 bits per heavy atom. The Labute approximate surface area is 103 Å². The molecule has 0 saturated carbocycles. The van der Waals surface area contributed by atoms with E-state index in [4.69, 9.17) is 0 Å². The maximum atomic E-state index is 4.22. The minimum absolute atomic E-state index is 0.155. The quantitative estimate of drug-likeness (QED) is 0.681. The van der Waals surface area contributed by atoms with E-state index < -0.39 is 0 Å². The highest BCUT2D eigenvalue weighted by Crippen LogP contribution is 2.39. The van der Waals surface area contributed by atoms with Crippen LogP contribution in [-0.2, 0) is 0 Å². The second kappa shape index (κ2) is 4.43. The third-order valence-electron chi connectivity index (χ3n) is 3.99. The van der Waals surface area contributed by atoms with Crippen LogP contribution in [-0.4, -0.2) is 18.5 Å². The predicted molar refractivity (Wildman–Crippen MR) is 74.5 cm³/mol. The molecule has 1 nitrogen and oxygen atoms in total. The molecule has 0 heterocycles. The topological polar surface area (TPSA) is 3.24 Å². The molecule has 0 aromatic rings. The Hall–Kier alpha value is -0.460. The van der Waals surface area contributed by atoms with Gasteiger partial charge < -0.3 is 4.90 Å². The molecule has 16 heavy (non-hydrogen) atoms. The minimum Gasteiger partial charge on any atom is -0.377 e. The maximum Gasteiger partial charge on any atom is 0.0228 e. The molecule has 0 radical (unpaired) electrons. The lowest BCUT2D eigenvalue weighted by Crippen LogP contribution is -2.41. The van der Waals surface area contributed by atoms with Gasteiger partial charge in [-0.1, -0.05) is 62.0 Å². The van der Waals surface area contributed by atoms with Crippen LogP contribution in [0.15, 0.2) is 12.3 Å². The Balaban J connectivity index is 4.71.